The standard InChI is InChI=1S/C11H13BrO2S2/c1-6(2)14-11(15)10-4-8(7(3)16-10)9(13)5-12/h4,6H,5H2,1-3H3. The Morgan fingerprint density at radius 3 is 2.75 bits per heavy atom. The third-order valence-electron chi connectivity index (χ3n) is 1.88. The normalized spacial score (nSPS) is 10.6. The van der Waals surface area contributed by atoms with Crippen molar-refractivity contribution in [3.8, 4) is 0 Å². The summed E-state index contributed by atoms with van der Waals surface area (Å²) in [6.45, 7) is 5.77. The number of thiophene rings is 1. The summed E-state index contributed by atoms with van der Waals surface area (Å²) in [7, 11) is 0. The number of aryl methyl sites for hydroxylation is 1. The molecule has 0 N–H and O–H groups in total. The van der Waals surface area contributed by atoms with Crippen LogP contribution in [-0.4, -0.2) is 22.3 Å². The minimum atomic E-state index is 0.0604. The van der Waals surface area contributed by atoms with Crippen LogP contribution in [0.25, 0.3) is 0 Å². The van der Waals surface area contributed by atoms with Gasteiger partial charge in [0.05, 0.1) is 16.3 Å². The minimum absolute atomic E-state index is 0.0604. The number of carbonyl (C=O) groups is 1. The van der Waals surface area contributed by atoms with E-state index in [1.165, 1.54) is 11.3 Å². The van der Waals surface area contributed by atoms with Gasteiger partial charge in [0.2, 0.25) is 5.05 Å². The highest BCUT2D eigenvalue weighted by atomic mass is 79.9. The van der Waals surface area contributed by atoms with Crippen molar-refractivity contribution < 1.29 is 9.53 Å². The number of thiocarbonyl (C=S) groups is 1. The van der Waals surface area contributed by atoms with Crippen LogP contribution in [0.4, 0.5) is 0 Å². The molecule has 0 saturated carbocycles. The van der Waals surface area contributed by atoms with Crippen LogP contribution in [0.3, 0.4) is 0 Å². The van der Waals surface area contributed by atoms with Gasteiger partial charge in [0, 0.05) is 10.4 Å². The Balaban J connectivity index is 2.92. The van der Waals surface area contributed by atoms with E-state index in [0.717, 1.165) is 15.3 Å². The zero-order valence-corrected chi connectivity index (χ0v) is 12.6. The fourth-order valence-electron chi connectivity index (χ4n) is 1.20. The lowest BCUT2D eigenvalue weighted by molar-refractivity contribution is 0.102. The van der Waals surface area contributed by atoms with E-state index in [1.54, 1.807) is 0 Å². The molecule has 1 aromatic heterocycles. The lowest BCUT2D eigenvalue weighted by atomic mass is 10.2. The van der Waals surface area contributed by atoms with Gasteiger partial charge in [0.25, 0.3) is 0 Å². The zero-order chi connectivity index (χ0) is 12.3. The van der Waals surface area contributed by atoms with Crippen LogP contribution in [0, 0.1) is 6.92 Å². The molecule has 0 atom stereocenters. The average Bonchev–Trinajstić information content (AvgIpc) is 2.58. The van der Waals surface area contributed by atoms with Crippen molar-refractivity contribution in [3.63, 3.8) is 0 Å². The van der Waals surface area contributed by atoms with E-state index in [-0.39, 0.29) is 11.9 Å². The van der Waals surface area contributed by atoms with Crippen molar-refractivity contribution in [3.05, 3.63) is 21.4 Å². The Morgan fingerprint density at radius 2 is 2.25 bits per heavy atom. The summed E-state index contributed by atoms with van der Waals surface area (Å²) < 4.78 is 5.44. The van der Waals surface area contributed by atoms with E-state index in [9.17, 15) is 4.79 Å². The highest BCUT2D eigenvalue weighted by Crippen LogP contribution is 2.24. The Kier molecular flexibility index (Phi) is 5.08. The largest absolute Gasteiger partial charge is 0.480 e. The summed E-state index contributed by atoms with van der Waals surface area (Å²) >= 11 is 9.82. The summed E-state index contributed by atoms with van der Waals surface area (Å²) in [5.41, 5.74) is 0.728. The lowest BCUT2D eigenvalue weighted by Gasteiger charge is -2.08. The van der Waals surface area contributed by atoms with Crippen molar-refractivity contribution in [1.82, 2.24) is 0 Å². The monoisotopic (exact) mass is 320 g/mol. The second-order valence-electron chi connectivity index (χ2n) is 3.59. The molecule has 0 radical (unpaired) electrons. The molecule has 0 aromatic carbocycles. The Morgan fingerprint density at radius 1 is 1.62 bits per heavy atom. The highest BCUT2D eigenvalue weighted by Gasteiger charge is 2.15. The Hall–Kier alpha value is -0.260. The molecule has 1 aromatic rings. The van der Waals surface area contributed by atoms with Gasteiger partial charge < -0.3 is 4.74 Å². The van der Waals surface area contributed by atoms with E-state index >= 15 is 0 Å². The van der Waals surface area contributed by atoms with E-state index in [1.807, 2.05) is 26.8 Å². The summed E-state index contributed by atoms with van der Waals surface area (Å²) in [5.74, 6) is 0.0762. The van der Waals surface area contributed by atoms with Crippen LogP contribution in [0.5, 0.6) is 0 Å². The smallest absolute Gasteiger partial charge is 0.201 e. The number of hydrogen-bond donors (Lipinski definition) is 0. The van der Waals surface area contributed by atoms with Crippen molar-refractivity contribution in [2.45, 2.75) is 26.9 Å². The maximum Gasteiger partial charge on any atom is 0.201 e. The molecule has 5 heteroatoms. The SMILES string of the molecule is Cc1sc(C(=S)OC(C)C)cc1C(=O)CBr. The molecule has 0 amide bonds. The van der Waals surface area contributed by atoms with Crippen LogP contribution in [0.15, 0.2) is 6.07 Å². The molecule has 0 fully saturated rings. The van der Waals surface area contributed by atoms with E-state index in [2.05, 4.69) is 15.9 Å². The number of rotatable bonds is 4. The molecule has 1 heterocycles. The quantitative estimate of drug-likeness (QED) is 0.480. The molecule has 0 aliphatic carbocycles. The summed E-state index contributed by atoms with van der Waals surface area (Å²) in [6.07, 6.45) is 0.0604. The van der Waals surface area contributed by atoms with Gasteiger partial charge in [-0.15, -0.1) is 11.3 Å². The zero-order valence-electron chi connectivity index (χ0n) is 9.37. The molecule has 2 nitrogen and oxygen atoms in total. The van der Waals surface area contributed by atoms with Gasteiger partial charge >= 0.3 is 0 Å². The molecule has 0 bridgehead atoms. The molecule has 0 aliphatic rings. The van der Waals surface area contributed by atoms with Gasteiger partial charge in [-0.05, 0) is 39.1 Å². The number of hydrogen-bond acceptors (Lipinski definition) is 4. The summed E-state index contributed by atoms with van der Waals surface area (Å²) in [5, 5.41) is 0.804. The molecular formula is C11H13BrO2S2. The second kappa shape index (κ2) is 5.89. The average molecular weight is 321 g/mol. The van der Waals surface area contributed by atoms with Crippen LogP contribution in [0.2, 0.25) is 0 Å². The van der Waals surface area contributed by atoms with Crippen molar-refractivity contribution >= 4 is 50.3 Å². The van der Waals surface area contributed by atoms with Gasteiger partial charge in [-0.3, -0.25) is 4.79 Å². The first-order valence-electron chi connectivity index (χ1n) is 4.86. The topological polar surface area (TPSA) is 26.3 Å². The second-order valence-corrected chi connectivity index (χ2v) is 5.78. The van der Waals surface area contributed by atoms with Gasteiger partial charge in [0.1, 0.15) is 0 Å². The fourth-order valence-corrected chi connectivity index (χ4v) is 2.80. The van der Waals surface area contributed by atoms with E-state index in [4.69, 9.17) is 17.0 Å². The molecule has 1 rings (SSSR count). The highest BCUT2D eigenvalue weighted by molar-refractivity contribution is 9.09. The lowest BCUT2D eigenvalue weighted by Crippen LogP contribution is -2.09. The van der Waals surface area contributed by atoms with Gasteiger partial charge in [-0.1, -0.05) is 15.9 Å². The molecule has 88 valence electrons. The maximum absolute atomic E-state index is 11.6. The number of ether oxygens (including phenoxy) is 1. The Bertz CT molecular complexity index is 410. The predicted molar refractivity (Wildman–Crippen MR) is 75.1 cm³/mol. The van der Waals surface area contributed by atoms with Crippen LogP contribution >= 0.6 is 39.5 Å². The molecule has 0 saturated heterocycles. The molecular weight excluding hydrogens is 308 g/mol. The summed E-state index contributed by atoms with van der Waals surface area (Å²) in [6, 6.07) is 1.81. The first-order chi connectivity index (χ1) is 7.45. The van der Waals surface area contributed by atoms with Gasteiger partial charge in [-0.25, -0.2) is 0 Å². The Labute approximate surface area is 113 Å². The first-order valence-corrected chi connectivity index (χ1v) is 7.21. The fraction of sp³-hybridized carbons (Fsp3) is 0.455. The molecule has 16 heavy (non-hydrogen) atoms. The van der Waals surface area contributed by atoms with Crippen molar-refractivity contribution in [1.29, 1.82) is 0 Å². The molecule has 0 aliphatic heterocycles. The van der Waals surface area contributed by atoms with Crippen LogP contribution in [-0.2, 0) is 4.74 Å². The van der Waals surface area contributed by atoms with Crippen molar-refractivity contribution in [2.75, 3.05) is 5.33 Å². The first kappa shape index (κ1) is 13.8. The van der Waals surface area contributed by atoms with Crippen LogP contribution < -0.4 is 0 Å². The number of halogens is 1. The predicted octanol–water partition coefficient (Wildman–Crippen LogP) is 3.73. The number of carbonyl (C=O) groups excluding carboxylic acids is 1. The molecule has 0 spiro atoms. The molecule has 0 unspecified atom stereocenters. The number of Topliss-reactive ketones (excluding diaryl/α,β-unsaturated/α-hetero) is 1. The maximum atomic E-state index is 11.6. The van der Waals surface area contributed by atoms with Crippen LogP contribution in [0.1, 0.15) is 34.0 Å². The minimum Gasteiger partial charge on any atom is -0.480 e. The summed E-state index contributed by atoms with van der Waals surface area (Å²) in [4.78, 5) is 13.4. The van der Waals surface area contributed by atoms with E-state index < -0.39 is 0 Å². The van der Waals surface area contributed by atoms with Gasteiger partial charge in [-0.2, -0.15) is 0 Å². The number of ketones is 1. The van der Waals surface area contributed by atoms with Gasteiger partial charge in [0.15, 0.2) is 5.78 Å². The number of alkyl halides is 1. The van der Waals surface area contributed by atoms with E-state index in [0.29, 0.717) is 10.4 Å². The third-order valence-corrected chi connectivity index (χ3v) is 3.89. The third kappa shape index (κ3) is 3.37. The van der Waals surface area contributed by atoms with Crippen molar-refractivity contribution in [2.24, 2.45) is 0 Å².